The van der Waals surface area contributed by atoms with E-state index in [1.54, 1.807) is 6.07 Å². The van der Waals surface area contributed by atoms with E-state index in [4.69, 9.17) is 9.84 Å². The molecule has 2 N–H and O–H groups in total. The summed E-state index contributed by atoms with van der Waals surface area (Å²) in [6, 6.07) is 4.46. The number of aliphatic hydroxyl groups is 1. The van der Waals surface area contributed by atoms with E-state index in [1.165, 1.54) is 19.2 Å². The lowest BCUT2D eigenvalue weighted by molar-refractivity contribution is 0.283. The van der Waals surface area contributed by atoms with Crippen molar-refractivity contribution in [3.05, 3.63) is 24.0 Å². The van der Waals surface area contributed by atoms with Crippen molar-refractivity contribution in [3.8, 4) is 5.75 Å². The second kappa shape index (κ2) is 7.90. The van der Waals surface area contributed by atoms with Gasteiger partial charge in [0.15, 0.2) is 0 Å². The smallest absolute Gasteiger partial charge is 0.144 e. The van der Waals surface area contributed by atoms with E-state index in [2.05, 4.69) is 5.32 Å². The number of unbranched alkanes of at least 4 members (excludes halogenated alkanes) is 3. The summed E-state index contributed by atoms with van der Waals surface area (Å²) in [5.41, 5.74) is 0.816. The van der Waals surface area contributed by atoms with Crippen LogP contribution in [0, 0.1) is 5.82 Å². The highest BCUT2D eigenvalue weighted by atomic mass is 19.1. The minimum atomic E-state index is -0.296. The molecule has 1 rings (SSSR count). The van der Waals surface area contributed by atoms with Crippen molar-refractivity contribution < 1.29 is 14.2 Å². The predicted octanol–water partition coefficient (Wildman–Crippen LogP) is 2.80. The summed E-state index contributed by atoms with van der Waals surface area (Å²) >= 11 is 0. The maximum Gasteiger partial charge on any atom is 0.144 e. The Labute approximate surface area is 102 Å². The fraction of sp³-hybridized carbons (Fsp3) is 0.538. The molecule has 0 fully saturated rings. The van der Waals surface area contributed by atoms with E-state index in [0.717, 1.165) is 37.9 Å². The number of nitrogens with one attached hydrogen (secondary N) is 1. The molecule has 17 heavy (non-hydrogen) atoms. The molecular weight excluding hydrogens is 221 g/mol. The Bertz CT molecular complexity index is 331. The van der Waals surface area contributed by atoms with Gasteiger partial charge in [0.25, 0.3) is 0 Å². The molecule has 0 heterocycles. The number of halogens is 1. The maximum absolute atomic E-state index is 12.9. The third-order valence-corrected chi connectivity index (χ3v) is 2.56. The molecule has 1 aromatic rings. The van der Waals surface area contributed by atoms with Crippen LogP contribution in [0.15, 0.2) is 18.2 Å². The predicted molar refractivity (Wildman–Crippen MR) is 67.0 cm³/mol. The van der Waals surface area contributed by atoms with Crippen LogP contribution in [0.1, 0.15) is 25.7 Å². The first-order chi connectivity index (χ1) is 8.27. The molecule has 0 aliphatic heterocycles. The molecule has 0 amide bonds. The van der Waals surface area contributed by atoms with E-state index in [-0.39, 0.29) is 12.4 Å². The zero-order valence-corrected chi connectivity index (χ0v) is 10.2. The Balaban J connectivity index is 2.31. The molecule has 0 aliphatic carbocycles. The van der Waals surface area contributed by atoms with E-state index in [1.807, 2.05) is 0 Å². The SMILES string of the molecule is COc1cc(F)ccc1NCCCCCCO. The Morgan fingerprint density at radius 2 is 2.00 bits per heavy atom. The first-order valence-corrected chi connectivity index (χ1v) is 5.96. The van der Waals surface area contributed by atoms with Gasteiger partial charge in [-0.2, -0.15) is 0 Å². The molecule has 0 atom stereocenters. The summed E-state index contributed by atoms with van der Waals surface area (Å²) in [6.45, 7) is 1.09. The van der Waals surface area contributed by atoms with E-state index in [9.17, 15) is 4.39 Å². The first kappa shape index (κ1) is 13.8. The summed E-state index contributed by atoms with van der Waals surface area (Å²) in [5.74, 6) is 0.232. The molecule has 0 aromatic heterocycles. The van der Waals surface area contributed by atoms with Crippen LogP contribution in [0.25, 0.3) is 0 Å². The number of methoxy groups -OCH3 is 1. The highest BCUT2D eigenvalue weighted by Gasteiger charge is 2.03. The standard InChI is InChI=1S/C13H20FNO2/c1-17-13-10-11(14)6-7-12(13)15-8-4-2-3-5-9-16/h6-7,10,15-16H,2-5,8-9H2,1H3. The van der Waals surface area contributed by atoms with Crippen LogP contribution in [-0.2, 0) is 0 Å². The van der Waals surface area contributed by atoms with Crippen LogP contribution < -0.4 is 10.1 Å². The van der Waals surface area contributed by atoms with Gasteiger partial charge in [0.05, 0.1) is 12.8 Å². The van der Waals surface area contributed by atoms with Gasteiger partial charge in [-0.3, -0.25) is 0 Å². The molecular formula is C13H20FNO2. The number of anilines is 1. The second-order valence-electron chi connectivity index (χ2n) is 3.91. The van der Waals surface area contributed by atoms with E-state index >= 15 is 0 Å². The molecule has 0 aliphatic rings. The van der Waals surface area contributed by atoms with Crippen LogP contribution in [0.2, 0.25) is 0 Å². The normalized spacial score (nSPS) is 10.3. The van der Waals surface area contributed by atoms with Gasteiger partial charge < -0.3 is 15.2 Å². The number of aliphatic hydroxyl groups excluding tert-OH is 1. The lowest BCUT2D eigenvalue weighted by atomic mass is 10.2. The Hall–Kier alpha value is -1.29. The Kier molecular flexibility index (Phi) is 6.40. The van der Waals surface area contributed by atoms with Crippen LogP contribution in [-0.4, -0.2) is 25.4 Å². The number of hydrogen-bond acceptors (Lipinski definition) is 3. The summed E-state index contributed by atoms with van der Waals surface area (Å²) in [4.78, 5) is 0. The summed E-state index contributed by atoms with van der Waals surface area (Å²) in [7, 11) is 1.53. The molecule has 0 bridgehead atoms. The first-order valence-electron chi connectivity index (χ1n) is 5.96. The van der Waals surface area contributed by atoms with Crippen molar-refractivity contribution >= 4 is 5.69 Å². The monoisotopic (exact) mass is 241 g/mol. The summed E-state index contributed by atoms with van der Waals surface area (Å²) in [6.07, 6.45) is 4.01. The van der Waals surface area contributed by atoms with Gasteiger partial charge in [-0.25, -0.2) is 4.39 Å². The summed E-state index contributed by atoms with van der Waals surface area (Å²) in [5, 5.41) is 11.8. The largest absolute Gasteiger partial charge is 0.494 e. The summed E-state index contributed by atoms with van der Waals surface area (Å²) < 4.78 is 18.0. The van der Waals surface area contributed by atoms with Crippen molar-refractivity contribution in [2.45, 2.75) is 25.7 Å². The second-order valence-corrected chi connectivity index (χ2v) is 3.91. The average molecular weight is 241 g/mol. The van der Waals surface area contributed by atoms with Gasteiger partial charge in [0, 0.05) is 19.2 Å². The van der Waals surface area contributed by atoms with Crippen molar-refractivity contribution in [3.63, 3.8) is 0 Å². The molecule has 0 saturated carbocycles. The van der Waals surface area contributed by atoms with Gasteiger partial charge in [0.1, 0.15) is 11.6 Å². The van der Waals surface area contributed by atoms with Crippen molar-refractivity contribution in [1.82, 2.24) is 0 Å². The highest BCUT2D eigenvalue weighted by molar-refractivity contribution is 5.56. The average Bonchev–Trinajstić information content (AvgIpc) is 2.35. The fourth-order valence-corrected chi connectivity index (χ4v) is 1.62. The Morgan fingerprint density at radius 1 is 1.24 bits per heavy atom. The number of rotatable bonds is 8. The van der Waals surface area contributed by atoms with E-state index in [0.29, 0.717) is 5.75 Å². The zero-order chi connectivity index (χ0) is 12.5. The van der Waals surface area contributed by atoms with Gasteiger partial charge >= 0.3 is 0 Å². The minimum absolute atomic E-state index is 0.263. The third kappa shape index (κ3) is 5.04. The van der Waals surface area contributed by atoms with Crippen molar-refractivity contribution in [1.29, 1.82) is 0 Å². The zero-order valence-electron chi connectivity index (χ0n) is 10.2. The van der Waals surface area contributed by atoms with Crippen LogP contribution >= 0.6 is 0 Å². The van der Waals surface area contributed by atoms with Gasteiger partial charge in [-0.1, -0.05) is 12.8 Å². The molecule has 0 spiro atoms. The molecule has 96 valence electrons. The van der Waals surface area contributed by atoms with Gasteiger partial charge in [0.2, 0.25) is 0 Å². The number of ether oxygens (including phenoxy) is 1. The van der Waals surface area contributed by atoms with Crippen molar-refractivity contribution in [2.24, 2.45) is 0 Å². The van der Waals surface area contributed by atoms with Crippen LogP contribution in [0.3, 0.4) is 0 Å². The van der Waals surface area contributed by atoms with Crippen LogP contribution in [0.5, 0.6) is 5.75 Å². The minimum Gasteiger partial charge on any atom is -0.494 e. The number of hydrogen-bond donors (Lipinski definition) is 2. The van der Waals surface area contributed by atoms with Gasteiger partial charge in [-0.05, 0) is 25.0 Å². The van der Waals surface area contributed by atoms with Crippen molar-refractivity contribution in [2.75, 3.05) is 25.6 Å². The molecule has 1 aromatic carbocycles. The molecule has 0 unspecified atom stereocenters. The highest BCUT2D eigenvalue weighted by Crippen LogP contribution is 2.24. The lowest BCUT2D eigenvalue weighted by Gasteiger charge is -2.10. The quantitative estimate of drug-likeness (QED) is 0.688. The van der Waals surface area contributed by atoms with E-state index < -0.39 is 0 Å². The fourth-order valence-electron chi connectivity index (χ4n) is 1.62. The topological polar surface area (TPSA) is 41.5 Å². The molecule has 3 nitrogen and oxygen atoms in total. The lowest BCUT2D eigenvalue weighted by Crippen LogP contribution is -2.03. The molecule has 0 saturated heterocycles. The molecule has 4 heteroatoms. The van der Waals surface area contributed by atoms with Crippen LogP contribution in [0.4, 0.5) is 10.1 Å². The Morgan fingerprint density at radius 3 is 2.71 bits per heavy atom. The number of benzene rings is 1. The molecule has 0 radical (unpaired) electrons. The van der Waals surface area contributed by atoms with Gasteiger partial charge in [-0.15, -0.1) is 0 Å². The maximum atomic E-state index is 12.9. The third-order valence-electron chi connectivity index (χ3n) is 2.56.